The van der Waals surface area contributed by atoms with E-state index in [1.807, 2.05) is 13.8 Å². The van der Waals surface area contributed by atoms with Gasteiger partial charge in [0.05, 0.1) is 0 Å². The van der Waals surface area contributed by atoms with Crippen LogP contribution in [-0.4, -0.2) is 37.8 Å². The lowest BCUT2D eigenvalue weighted by Gasteiger charge is -2.28. The summed E-state index contributed by atoms with van der Waals surface area (Å²) < 4.78 is 26.5. The Morgan fingerprint density at radius 2 is 2.06 bits per heavy atom. The molecule has 102 valence electrons. The molecule has 0 aromatic carbocycles. The van der Waals surface area contributed by atoms with E-state index >= 15 is 0 Å². The lowest BCUT2D eigenvalue weighted by molar-refractivity contribution is 0.292. The molecule has 7 heteroatoms. The first-order chi connectivity index (χ1) is 8.19. The molecule has 1 aromatic heterocycles. The van der Waals surface area contributed by atoms with Crippen molar-refractivity contribution in [3.63, 3.8) is 0 Å². The lowest BCUT2D eigenvalue weighted by Crippen LogP contribution is -2.39. The first-order valence-corrected chi connectivity index (χ1v) is 7.69. The Bertz CT molecular complexity index is 517. The molecule has 0 amide bonds. The molecular weight excluding hydrogens is 318 g/mol. The van der Waals surface area contributed by atoms with Crippen LogP contribution < -0.4 is 5.73 Å². The molecule has 1 heterocycles. The number of nitrogens with zero attached hydrogens (tertiary/aromatic N) is 2. The van der Waals surface area contributed by atoms with Crippen LogP contribution in [0.5, 0.6) is 0 Å². The number of nitrogens with two attached hydrogens (primary N) is 1. The molecule has 0 aliphatic carbocycles. The number of halogens is 1. The van der Waals surface area contributed by atoms with Gasteiger partial charge in [0, 0.05) is 30.5 Å². The number of pyridine rings is 1. The highest BCUT2D eigenvalue weighted by atomic mass is 79.9. The maximum atomic E-state index is 12.3. The smallest absolute Gasteiger partial charge is 0.244 e. The monoisotopic (exact) mass is 335 g/mol. The predicted molar refractivity (Wildman–Crippen MR) is 74.6 cm³/mol. The molecule has 1 aromatic rings. The van der Waals surface area contributed by atoms with Gasteiger partial charge in [-0.15, -0.1) is 0 Å². The van der Waals surface area contributed by atoms with E-state index < -0.39 is 10.0 Å². The topological polar surface area (TPSA) is 76.3 Å². The fraction of sp³-hybridized carbons (Fsp3) is 0.545. The highest BCUT2D eigenvalue weighted by molar-refractivity contribution is 9.10. The van der Waals surface area contributed by atoms with E-state index in [9.17, 15) is 8.42 Å². The van der Waals surface area contributed by atoms with Gasteiger partial charge in [-0.2, -0.15) is 0 Å². The molecule has 18 heavy (non-hydrogen) atoms. The average molecular weight is 336 g/mol. The Hall–Kier alpha value is -0.500. The zero-order chi connectivity index (χ0) is 14.0. The van der Waals surface area contributed by atoms with Crippen molar-refractivity contribution in [1.82, 2.24) is 9.29 Å². The molecule has 0 saturated heterocycles. The largest absolute Gasteiger partial charge is 0.330 e. The zero-order valence-corrected chi connectivity index (χ0v) is 13.1. The normalized spacial score (nSPS) is 13.0. The molecule has 0 fully saturated rings. The minimum atomic E-state index is -3.52. The molecule has 0 saturated carbocycles. The van der Waals surface area contributed by atoms with Gasteiger partial charge in [-0.1, -0.05) is 13.8 Å². The Balaban J connectivity index is 3.01. The van der Waals surface area contributed by atoms with Crippen LogP contribution in [0.2, 0.25) is 0 Å². The highest BCUT2D eigenvalue weighted by Gasteiger charge is 2.27. The zero-order valence-electron chi connectivity index (χ0n) is 10.7. The van der Waals surface area contributed by atoms with E-state index in [1.165, 1.54) is 16.6 Å². The Kier molecular flexibility index (Phi) is 4.88. The first kappa shape index (κ1) is 15.6. The van der Waals surface area contributed by atoms with Gasteiger partial charge in [0.2, 0.25) is 10.0 Å². The summed E-state index contributed by atoms with van der Waals surface area (Å²) in [5, 5.41) is 0. The van der Waals surface area contributed by atoms with Crippen molar-refractivity contribution in [3.05, 3.63) is 22.9 Å². The lowest BCUT2D eigenvalue weighted by atomic mass is 9.94. The minimum Gasteiger partial charge on any atom is -0.330 e. The van der Waals surface area contributed by atoms with E-state index in [0.29, 0.717) is 17.6 Å². The summed E-state index contributed by atoms with van der Waals surface area (Å²) in [6.45, 7) is 4.64. The van der Waals surface area contributed by atoms with Crippen molar-refractivity contribution in [1.29, 1.82) is 0 Å². The summed E-state index contributed by atoms with van der Waals surface area (Å²) in [5.74, 6) is 0. The van der Waals surface area contributed by atoms with Crippen LogP contribution in [0.3, 0.4) is 0 Å². The van der Waals surface area contributed by atoms with Crippen molar-refractivity contribution in [2.45, 2.75) is 18.7 Å². The van der Waals surface area contributed by atoms with Crippen molar-refractivity contribution in [2.75, 3.05) is 20.1 Å². The fourth-order valence-corrected chi connectivity index (χ4v) is 3.33. The maximum Gasteiger partial charge on any atom is 0.244 e. The molecule has 0 unspecified atom stereocenters. The summed E-state index contributed by atoms with van der Waals surface area (Å²) >= 11 is 3.21. The molecule has 0 spiro atoms. The number of hydrogen-bond acceptors (Lipinski definition) is 4. The Morgan fingerprint density at radius 1 is 1.44 bits per heavy atom. The number of sulfonamides is 1. The SMILES string of the molecule is CN(CC(C)(C)CN)S(=O)(=O)c1cncc(Br)c1. The van der Waals surface area contributed by atoms with Gasteiger partial charge in [-0.05, 0) is 34.0 Å². The van der Waals surface area contributed by atoms with E-state index in [0.717, 1.165) is 0 Å². The van der Waals surface area contributed by atoms with Crippen LogP contribution in [0.4, 0.5) is 0 Å². The molecule has 0 bridgehead atoms. The summed E-state index contributed by atoms with van der Waals surface area (Å²) in [6.07, 6.45) is 2.88. The van der Waals surface area contributed by atoms with Gasteiger partial charge in [-0.3, -0.25) is 4.98 Å². The van der Waals surface area contributed by atoms with Crippen molar-refractivity contribution in [2.24, 2.45) is 11.1 Å². The summed E-state index contributed by atoms with van der Waals surface area (Å²) in [4.78, 5) is 4.05. The van der Waals surface area contributed by atoms with Crippen molar-refractivity contribution in [3.8, 4) is 0 Å². The summed E-state index contributed by atoms with van der Waals surface area (Å²) in [6, 6.07) is 1.54. The second-order valence-corrected chi connectivity index (χ2v) is 7.93. The van der Waals surface area contributed by atoms with Gasteiger partial charge in [0.25, 0.3) is 0 Å². The van der Waals surface area contributed by atoms with Gasteiger partial charge >= 0.3 is 0 Å². The van der Waals surface area contributed by atoms with Gasteiger partial charge < -0.3 is 5.73 Å². The average Bonchev–Trinajstić information content (AvgIpc) is 2.28. The molecule has 1 rings (SSSR count). The van der Waals surface area contributed by atoms with E-state index in [-0.39, 0.29) is 10.3 Å². The standard InChI is InChI=1S/C11H18BrN3O2S/c1-11(2,7-13)8-15(3)18(16,17)10-4-9(12)5-14-6-10/h4-6H,7-8,13H2,1-3H3. The van der Waals surface area contributed by atoms with Gasteiger partial charge in [-0.25, -0.2) is 12.7 Å². The molecule has 0 radical (unpaired) electrons. The number of aromatic nitrogens is 1. The van der Waals surface area contributed by atoms with Gasteiger partial charge in [0.15, 0.2) is 0 Å². The third-order valence-electron chi connectivity index (χ3n) is 2.59. The second kappa shape index (κ2) is 5.64. The summed E-state index contributed by atoms with van der Waals surface area (Å²) in [7, 11) is -1.97. The van der Waals surface area contributed by atoms with Crippen LogP contribution in [0.15, 0.2) is 27.8 Å². The van der Waals surface area contributed by atoms with Crippen LogP contribution in [-0.2, 0) is 10.0 Å². The van der Waals surface area contributed by atoms with Crippen molar-refractivity contribution < 1.29 is 8.42 Å². The van der Waals surface area contributed by atoms with Crippen LogP contribution >= 0.6 is 15.9 Å². The van der Waals surface area contributed by atoms with Crippen LogP contribution in [0.25, 0.3) is 0 Å². The molecule has 0 atom stereocenters. The minimum absolute atomic E-state index is 0.173. The second-order valence-electron chi connectivity index (χ2n) is 4.97. The van der Waals surface area contributed by atoms with E-state index in [2.05, 4.69) is 20.9 Å². The predicted octanol–water partition coefficient (Wildman–Crippen LogP) is 1.45. The third kappa shape index (κ3) is 3.74. The Labute approximate surface area is 117 Å². The highest BCUT2D eigenvalue weighted by Crippen LogP contribution is 2.21. The maximum absolute atomic E-state index is 12.3. The molecule has 2 N–H and O–H groups in total. The number of hydrogen-bond donors (Lipinski definition) is 1. The first-order valence-electron chi connectivity index (χ1n) is 5.46. The van der Waals surface area contributed by atoms with Crippen molar-refractivity contribution >= 4 is 26.0 Å². The molecule has 5 nitrogen and oxygen atoms in total. The fourth-order valence-electron chi connectivity index (χ4n) is 1.47. The molecule has 0 aliphatic heterocycles. The quantitative estimate of drug-likeness (QED) is 0.883. The van der Waals surface area contributed by atoms with Crippen LogP contribution in [0, 0.1) is 5.41 Å². The number of rotatable bonds is 5. The van der Waals surface area contributed by atoms with Crippen LogP contribution in [0.1, 0.15) is 13.8 Å². The molecular formula is C11H18BrN3O2S. The molecule has 0 aliphatic rings. The summed E-state index contributed by atoms with van der Waals surface area (Å²) in [5.41, 5.74) is 5.36. The Morgan fingerprint density at radius 3 is 2.56 bits per heavy atom. The van der Waals surface area contributed by atoms with Gasteiger partial charge in [0.1, 0.15) is 4.90 Å². The van der Waals surface area contributed by atoms with E-state index in [1.54, 1.807) is 13.2 Å². The van der Waals surface area contributed by atoms with E-state index in [4.69, 9.17) is 5.73 Å². The third-order valence-corrected chi connectivity index (χ3v) is 4.79.